The van der Waals surface area contributed by atoms with Gasteiger partial charge < -0.3 is 10.2 Å². The molecule has 1 N–H and O–H groups in total. The van der Waals surface area contributed by atoms with Gasteiger partial charge in [-0.05, 0) is 37.7 Å². The highest BCUT2D eigenvalue weighted by Gasteiger charge is 2.33. The number of hydrogen-bond donors (Lipinski definition) is 1. The van der Waals surface area contributed by atoms with Crippen molar-refractivity contribution in [1.82, 2.24) is 15.1 Å². The van der Waals surface area contributed by atoms with Crippen molar-refractivity contribution in [2.24, 2.45) is 0 Å². The molecule has 1 aromatic carbocycles. The first-order chi connectivity index (χ1) is 11.4. The zero-order valence-corrected chi connectivity index (χ0v) is 14.7. The summed E-state index contributed by atoms with van der Waals surface area (Å²) in [5.74, 6) is 0. The Hall–Kier alpha value is -1.11. The minimum absolute atomic E-state index is 0.0238. The van der Waals surface area contributed by atoms with E-state index >= 15 is 0 Å². The van der Waals surface area contributed by atoms with Crippen molar-refractivity contribution in [3.63, 3.8) is 0 Å². The maximum absolute atomic E-state index is 13.1. The molecule has 24 heavy (non-hydrogen) atoms. The van der Waals surface area contributed by atoms with E-state index in [1.54, 1.807) is 0 Å². The Bertz CT molecular complexity index is 514. The third-order valence-corrected chi connectivity index (χ3v) is 4.88. The summed E-state index contributed by atoms with van der Waals surface area (Å²) in [4.78, 5) is 4.62. The molecule has 1 saturated heterocycles. The van der Waals surface area contributed by atoms with Gasteiger partial charge >= 0.3 is 6.18 Å². The summed E-state index contributed by atoms with van der Waals surface area (Å²) in [6.45, 7) is 11.4. The predicted molar refractivity (Wildman–Crippen MR) is 91.0 cm³/mol. The van der Waals surface area contributed by atoms with Crippen LogP contribution in [0, 0.1) is 0 Å². The average Bonchev–Trinajstić information content (AvgIpc) is 2.56. The van der Waals surface area contributed by atoms with Crippen molar-refractivity contribution in [1.29, 1.82) is 0 Å². The molecule has 1 heterocycles. The first kappa shape index (κ1) is 19.2. The Morgan fingerprint density at radius 3 is 2.58 bits per heavy atom. The maximum atomic E-state index is 13.1. The Morgan fingerprint density at radius 1 is 1.29 bits per heavy atom. The number of alkyl halides is 3. The monoisotopic (exact) mass is 343 g/mol. The van der Waals surface area contributed by atoms with Crippen LogP contribution in [0.5, 0.6) is 0 Å². The number of rotatable bonds is 6. The zero-order valence-electron chi connectivity index (χ0n) is 14.7. The van der Waals surface area contributed by atoms with E-state index in [0.717, 1.165) is 50.9 Å². The van der Waals surface area contributed by atoms with Crippen molar-refractivity contribution >= 4 is 0 Å². The smallest absolute Gasteiger partial charge is 0.314 e. The fourth-order valence-corrected chi connectivity index (χ4v) is 3.37. The van der Waals surface area contributed by atoms with Crippen LogP contribution >= 0.6 is 0 Å². The molecule has 1 aliphatic rings. The SMILES string of the molecule is CCN(CC)CC(c1cccc(C(F)(F)F)c1)N1CCNCC1C. The van der Waals surface area contributed by atoms with Gasteiger partial charge in [-0.25, -0.2) is 0 Å². The lowest BCUT2D eigenvalue weighted by Gasteiger charge is -2.42. The lowest BCUT2D eigenvalue weighted by molar-refractivity contribution is -0.137. The van der Waals surface area contributed by atoms with E-state index in [9.17, 15) is 13.2 Å². The Kier molecular flexibility index (Phi) is 6.66. The van der Waals surface area contributed by atoms with Crippen LogP contribution in [0.4, 0.5) is 13.2 Å². The number of likely N-dealkylation sites (N-methyl/N-ethyl adjacent to an activating group) is 1. The summed E-state index contributed by atoms with van der Waals surface area (Å²) in [5, 5.41) is 3.35. The van der Waals surface area contributed by atoms with Crippen molar-refractivity contribution in [3.8, 4) is 0 Å². The van der Waals surface area contributed by atoms with Gasteiger partial charge in [0.15, 0.2) is 0 Å². The standard InChI is InChI=1S/C18H28F3N3/c1-4-23(5-2)13-17(24-10-9-22-12-14(24)3)15-7-6-8-16(11-15)18(19,20)21/h6-8,11,14,17,22H,4-5,9-10,12-13H2,1-3H3. The summed E-state index contributed by atoms with van der Waals surface area (Å²) in [6.07, 6.45) is -4.30. The third-order valence-electron chi connectivity index (χ3n) is 4.88. The molecule has 1 aliphatic heterocycles. The number of hydrogen-bond acceptors (Lipinski definition) is 3. The van der Waals surface area contributed by atoms with E-state index < -0.39 is 11.7 Å². The van der Waals surface area contributed by atoms with E-state index in [1.165, 1.54) is 12.1 Å². The molecule has 2 atom stereocenters. The van der Waals surface area contributed by atoms with E-state index in [4.69, 9.17) is 0 Å². The molecule has 0 radical (unpaired) electrons. The van der Waals surface area contributed by atoms with Gasteiger partial charge in [-0.3, -0.25) is 4.90 Å². The second-order valence-corrected chi connectivity index (χ2v) is 6.42. The number of benzene rings is 1. The Morgan fingerprint density at radius 2 is 2.00 bits per heavy atom. The van der Waals surface area contributed by atoms with Gasteiger partial charge in [0.05, 0.1) is 5.56 Å². The van der Waals surface area contributed by atoms with Gasteiger partial charge in [0, 0.05) is 38.3 Å². The number of nitrogens with zero attached hydrogens (tertiary/aromatic N) is 2. The molecule has 0 aromatic heterocycles. The molecule has 0 spiro atoms. The Labute approximate surface area is 142 Å². The van der Waals surface area contributed by atoms with Crippen LogP contribution in [0.3, 0.4) is 0 Å². The average molecular weight is 343 g/mol. The molecule has 2 unspecified atom stereocenters. The lowest BCUT2D eigenvalue weighted by atomic mass is 9.99. The van der Waals surface area contributed by atoms with Crippen LogP contribution in [0.1, 0.15) is 37.9 Å². The molecule has 1 aromatic rings. The molecular formula is C18H28F3N3. The summed E-state index contributed by atoms with van der Waals surface area (Å²) >= 11 is 0. The van der Waals surface area contributed by atoms with E-state index in [0.29, 0.717) is 6.04 Å². The van der Waals surface area contributed by atoms with E-state index in [1.807, 2.05) is 6.07 Å². The van der Waals surface area contributed by atoms with Crippen molar-refractivity contribution in [3.05, 3.63) is 35.4 Å². The van der Waals surface area contributed by atoms with Gasteiger partial charge in [-0.2, -0.15) is 13.2 Å². The van der Waals surface area contributed by atoms with E-state index in [2.05, 4.69) is 35.9 Å². The predicted octanol–water partition coefficient (Wildman–Crippen LogP) is 3.38. The fourth-order valence-electron chi connectivity index (χ4n) is 3.37. The van der Waals surface area contributed by atoms with E-state index in [-0.39, 0.29) is 6.04 Å². The number of piperazine rings is 1. The lowest BCUT2D eigenvalue weighted by Crippen LogP contribution is -2.53. The molecule has 6 heteroatoms. The molecule has 136 valence electrons. The van der Waals surface area contributed by atoms with Gasteiger partial charge in [0.2, 0.25) is 0 Å². The molecule has 3 nitrogen and oxygen atoms in total. The van der Waals surface area contributed by atoms with Crippen LogP contribution in [-0.4, -0.2) is 55.1 Å². The zero-order chi connectivity index (χ0) is 17.7. The van der Waals surface area contributed by atoms with Crippen molar-refractivity contribution in [2.45, 2.75) is 39.0 Å². The van der Waals surface area contributed by atoms with Gasteiger partial charge in [0.1, 0.15) is 0 Å². The van der Waals surface area contributed by atoms with Crippen LogP contribution in [0.2, 0.25) is 0 Å². The highest BCUT2D eigenvalue weighted by Crippen LogP contribution is 2.33. The van der Waals surface area contributed by atoms with Crippen LogP contribution in [-0.2, 0) is 6.18 Å². The minimum atomic E-state index is -4.30. The first-order valence-corrected chi connectivity index (χ1v) is 8.72. The molecule has 2 rings (SSSR count). The van der Waals surface area contributed by atoms with Crippen molar-refractivity contribution in [2.75, 3.05) is 39.3 Å². The fraction of sp³-hybridized carbons (Fsp3) is 0.667. The summed E-state index contributed by atoms with van der Waals surface area (Å²) < 4.78 is 39.3. The first-order valence-electron chi connectivity index (χ1n) is 8.72. The summed E-state index contributed by atoms with van der Waals surface area (Å²) in [6, 6.07) is 6.11. The topological polar surface area (TPSA) is 18.5 Å². The summed E-state index contributed by atoms with van der Waals surface area (Å²) in [5.41, 5.74) is 0.192. The molecule has 0 saturated carbocycles. The molecule has 0 aliphatic carbocycles. The molecule has 1 fully saturated rings. The maximum Gasteiger partial charge on any atom is 0.416 e. The van der Waals surface area contributed by atoms with Gasteiger partial charge in [0.25, 0.3) is 0 Å². The van der Waals surface area contributed by atoms with Crippen LogP contribution in [0.25, 0.3) is 0 Å². The normalized spacial score (nSPS) is 21.2. The molecular weight excluding hydrogens is 315 g/mol. The number of nitrogens with one attached hydrogen (secondary N) is 1. The number of halogens is 3. The van der Waals surface area contributed by atoms with Crippen LogP contribution in [0.15, 0.2) is 24.3 Å². The second-order valence-electron chi connectivity index (χ2n) is 6.42. The van der Waals surface area contributed by atoms with Gasteiger partial charge in [-0.15, -0.1) is 0 Å². The summed E-state index contributed by atoms with van der Waals surface area (Å²) in [7, 11) is 0. The quantitative estimate of drug-likeness (QED) is 0.854. The highest BCUT2D eigenvalue weighted by molar-refractivity contribution is 5.28. The Balaban J connectivity index is 2.34. The second kappa shape index (κ2) is 8.32. The third kappa shape index (κ3) is 4.71. The minimum Gasteiger partial charge on any atom is -0.314 e. The van der Waals surface area contributed by atoms with Crippen molar-refractivity contribution < 1.29 is 13.2 Å². The molecule has 0 amide bonds. The largest absolute Gasteiger partial charge is 0.416 e. The highest BCUT2D eigenvalue weighted by atomic mass is 19.4. The van der Waals surface area contributed by atoms with Gasteiger partial charge in [-0.1, -0.05) is 26.0 Å². The molecule has 0 bridgehead atoms. The van der Waals surface area contributed by atoms with Crippen LogP contribution < -0.4 is 5.32 Å².